The smallest absolute Gasteiger partial charge is 0.264 e. The molecular formula is C29H33N3O4S. The van der Waals surface area contributed by atoms with Gasteiger partial charge in [0.2, 0.25) is 0 Å². The third-order valence-electron chi connectivity index (χ3n) is 7.02. The number of anilines is 1. The molecule has 8 heteroatoms. The van der Waals surface area contributed by atoms with Crippen LogP contribution in [0.2, 0.25) is 0 Å². The van der Waals surface area contributed by atoms with Crippen LogP contribution in [0, 0.1) is 6.92 Å². The minimum absolute atomic E-state index is 0.102. The van der Waals surface area contributed by atoms with Crippen LogP contribution in [0.1, 0.15) is 36.0 Å². The molecule has 3 aromatic rings. The summed E-state index contributed by atoms with van der Waals surface area (Å²) < 4.78 is 34.5. The van der Waals surface area contributed by atoms with E-state index in [-0.39, 0.29) is 17.3 Å². The molecule has 2 heterocycles. The molecule has 1 fully saturated rings. The van der Waals surface area contributed by atoms with Crippen LogP contribution in [-0.2, 0) is 27.9 Å². The van der Waals surface area contributed by atoms with E-state index < -0.39 is 16.1 Å². The maximum atomic E-state index is 13.6. The summed E-state index contributed by atoms with van der Waals surface area (Å²) in [6.07, 6.45) is 2.76. The van der Waals surface area contributed by atoms with Gasteiger partial charge in [-0.05, 0) is 73.8 Å². The van der Waals surface area contributed by atoms with Crippen molar-refractivity contribution in [1.29, 1.82) is 0 Å². The Bertz CT molecular complexity index is 1350. The van der Waals surface area contributed by atoms with Crippen molar-refractivity contribution < 1.29 is 17.9 Å². The van der Waals surface area contributed by atoms with Gasteiger partial charge in [-0.15, -0.1) is 0 Å². The summed E-state index contributed by atoms with van der Waals surface area (Å²) in [6.45, 7) is 5.21. The molecule has 0 unspecified atom stereocenters. The number of carbonyl (C=O) groups is 1. The second-order valence-corrected chi connectivity index (χ2v) is 11.6. The minimum Gasteiger partial charge on any atom is -0.476 e. The van der Waals surface area contributed by atoms with Gasteiger partial charge >= 0.3 is 0 Å². The van der Waals surface area contributed by atoms with Gasteiger partial charge in [-0.3, -0.25) is 14.0 Å². The van der Waals surface area contributed by atoms with Gasteiger partial charge in [0.15, 0.2) is 6.10 Å². The summed E-state index contributed by atoms with van der Waals surface area (Å²) in [6, 6.07) is 21.8. The molecule has 5 rings (SSSR count). The minimum atomic E-state index is -3.88. The van der Waals surface area contributed by atoms with Crippen LogP contribution in [0.5, 0.6) is 5.75 Å². The second kappa shape index (κ2) is 10.9. The third-order valence-corrected chi connectivity index (χ3v) is 8.82. The Kier molecular flexibility index (Phi) is 7.48. The Labute approximate surface area is 219 Å². The Morgan fingerprint density at radius 1 is 0.946 bits per heavy atom. The molecule has 0 aliphatic carbocycles. The summed E-state index contributed by atoms with van der Waals surface area (Å²) in [5, 5.41) is 3.00. The fourth-order valence-corrected chi connectivity index (χ4v) is 6.47. The monoisotopic (exact) mass is 519 g/mol. The molecule has 3 aromatic carbocycles. The van der Waals surface area contributed by atoms with Crippen LogP contribution in [-0.4, -0.2) is 45.0 Å². The number of fused-ring (bicyclic) bond motifs is 1. The van der Waals surface area contributed by atoms with E-state index in [4.69, 9.17) is 4.74 Å². The number of benzene rings is 3. The van der Waals surface area contributed by atoms with Crippen molar-refractivity contribution in [1.82, 2.24) is 10.2 Å². The summed E-state index contributed by atoms with van der Waals surface area (Å²) >= 11 is 0. The zero-order valence-corrected chi connectivity index (χ0v) is 21.9. The zero-order valence-electron chi connectivity index (χ0n) is 21.1. The van der Waals surface area contributed by atoms with Gasteiger partial charge in [0, 0.05) is 13.1 Å². The largest absolute Gasteiger partial charge is 0.476 e. The third kappa shape index (κ3) is 5.65. The fraction of sp³-hybridized carbons (Fsp3) is 0.345. The summed E-state index contributed by atoms with van der Waals surface area (Å²) in [4.78, 5) is 15.9. The number of hydrogen-bond acceptors (Lipinski definition) is 5. The average Bonchev–Trinajstić information content (AvgIpc) is 2.93. The van der Waals surface area contributed by atoms with E-state index in [2.05, 4.69) is 16.3 Å². The Morgan fingerprint density at radius 3 is 2.41 bits per heavy atom. The van der Waals surface area contributed by atoms with Crippen LogP contribution in [0.4, 0.5) is 5.69 Å². The highest BCUT2D eigenvalue weighted by Crippen LogP contribution is 2.37. The number of piperidine rings is 1. The molecule has 0 aromatic heterocycles. The molecule has 2 aliphatic rings. The molecule has 0 radical (unpaired) electrons. The molecule has 0 spiro atoms. The molecule has 0 bridgehead atoms. The number of aryl methyl sites for hydroxylation is 1. The van der Waals surface area contributed by atoms with Crippen molar-refractivity contribution in [2.45, 2.75) is 50.3 Å². The van der Waals surface area contributed by atoms with E-state index in [1.54, 1.807) is 42.5 Å². The molecule has 37 heavy (non-hydrogen) atoms. The van der Waals surface area contributed by atoms with E-state index >= 15 is 0 Å². The number of hydrogen-bond donors (Lipinski definition) is 1. The quantitative estimate of drug-likeness (QED) is 0.505. The number of likely N-dealkylation sites (tertiary alicyclic amines) is 1. The van der Waals surface area contributed by atoms with Gasteiger partial charge < -0.3 is 10.1 Å². The summed E-state index contributed by atoms with van der Waals surface area (Å²) in [5.74, 6) is 0.0364. The number of rotatable bonds is 7. The van der Waals surface area contributed by atoms with Gasteiger partial charge in [0.1, 0.15) is 5.75 Å². The lowest BCUT2D eigenvalue weighted by Crippen LogP contribution is -2.50. The molecule has 1 N–H and O–H groups in total. The molecule has 1 amide bonds. The first-order chi connectivity index (χ1) is 17.9. The predicted octanol–water partition coefficient (Wildman–Crippen LogP) is 4.25. The maximum absolute atomic E-state index is 13.6. The van der Waals surface area contributed by atoms with Gasteiger partial charge in [-0.1, -0.05) is 55.0 Å². The van der Waals surface area contributed by atoms with E-state index in [0.29, 0.717) is 18.0 Å². The predicted molar refractivity (Wildman–Crippen MR) is 144 cm³/mol. The topological polar surface area (TPSA) is 79.0 Å². The molecule has 0 saturated carbocycles. The van der Waals surface area contributed by atoms with Crippen molar-refractivity contribution >= 4 is 21.6 Å². The first-order valence-electron chi connectivity index (χ1n) is 12.8. The van der Waals surface area contributed by atoms with Gasteiger partial charge in [0.25, 0.3) is 15.9 Å². The Morgan fingerprint density at radius 2 is 1.65 bits per heavy atom. The lowest BCUT2D eigenvalue weighted by atomic mass is 10.0. The highest BCUT2D eigenvalue weighted by molar-refractivity contribution is 7.92. The van der Waals surface area contributed by atoms with Crippen LogP contribution in [0.15, 0.2) is 77.7 Å². The zero-order chi connectivity index (χ0) is 25.8. The lowest BCUT2D eigenvalue weighted by molar-refractivity contribution is -0.127. The van der Waals surface area contributed by atoms with Crippen LogP contribution in [0.3, 0.4) is 0 Å². The number of carbonyl (C=O) groups excluding carboxylic acids is 1. The van der Waals surface area contributed by atoms with Crippen molar-refractivity contribution in [3.05, 3.63) is 89.5 Å². The van der Waals surface area contributed by atoms with Gasteiger partial charge in [-0.2, -0.15) is 0 Å². The van der Waals surface area contributed by atoms with Crippen LogP contribution < -0.4 is 14.4 Å². The van der Waals surface area contributed by atoms with Crippen molar-refractivity contribution in [3.8, 4) is 5.75 Å². The first kappa shape index (κ1) is 25.3. The second-order valence-electron chi connectivity index (χ2n) is 9.75. The molecule has 1 saturated heterocycles. The van der Waals surface area contributed by atoms with Crippen LogP contribution >= 0.6 is 0 Å². The Hall–Kier alpha value is -3.36. The van der Waals surface area contributed by atoms with Crippen LogP contribution in [0.25, 0.3) is 0 Å². The fourth-order valence-electron chi connectivity index (χ4n) is 4.98. The highest BCUT2D eigenvalue weighted by atomic mass is 32.2. The highest BCUT2D eigenvalue weighted by Gasteiger charge is 2.37. The molecular weight excluding hydrogens is 486 g/mol. The van der Waals surface area contributed by atoms with E-state index in [0.717, 1.165) is 30.8 Å². The van der Waals surface area contributed by atoms with Crippen molar-refractivity contribution in [2.75, 3.05) is 23.9 Å². The summed E-state index contributed by atoms with van der Waals surface area (Å²) in [5.41, 5.74) is 3.61. The van der Waals surface area contributed by atoms with Gasteiger partial charge in [0.05, 0.1) is 17.1 Å². The average molecular weight is 520 g/mol. The van der Waals surface area contributed by atoms with Gasteiger partial charge in [-0.25, -0.2) is 8.42 Å². The number of nitrogens with one attached hydrogen (secondary N) is 1. The Balaban J connectivity index is 1.34. The SMILES string of the molecule is Cc1ccc2c(c1)N(S(=O)(=O)c1ccccc1)C[C@@H](C(=O)NCc1ccccc1CN1CCCCC1)O2. The summed E-state index contributed by atoms with van der Waals surface area (Å²) in [7, 11) is -3.88. The van der Waals surface area contributed by atoms with E-state index in [9.17, 15) is 13.2 Å². The molecule has 1 atom stereocenters. The van der Waals surface area contributed by atoms with Crippen molar-refractivity contribution in [2.24, 2.45) is 0 Å². The number of ether oxygens (including phenoxy) is 1. The van der Waals surface area contributed by atoms with E-state index in [1.807, 2.05) is 31.2 Å². The molecule has 7 nitrogen and oxygen atoms in total. The number of amides is 1. The van der Waals surface area contributed by atoms with Crippen molar-refractivity contribution in [3.63, 3.8) is 0 Å². The first-order valence-corrected chi connectivity index (χ1v) is 14.3. The standard InChI is InChI=1S/C29H33N3O4S/c1-22-14-15-27-26(18-22)32(37(34,35)25-12-4-2-5-13-25)21-28(36-27)29(33)30-19-23-10-6-7-11-24(23)20-31-16-8-3-9-17-31/h2,4-7,10-15,18,28H,3,8-9,16-17,19-21H2,1H3,(H,30,33)/t28-/m0/s1. The molecule has 194 valence electrons. The number of nitrogens with zero attached hydrogens (tertiary/aromatic N) is 2. The lowest BCUT2D eigenvalue weighted by Gasteiger charge is -2.35. The molecule has 2 aliphatic heterocycles. The number of sulfonamides is 1. The maximum Gasteiger partial charge on any atom is 0.264 e. The normalized spacial score (nSPS) is 18.1. The van der Waals surface area contributed by atoms with E-state index in [1.165, 1.54) is 29.1 Å².